The first-order valence-electron chi connectivity index (χ1n) is 6.02. The third-order valence-electron chi connectivity index (χ3n) is 3.22. The van der Waals surface area contributed by atoms with Crippen molar-refractivity contribution in [2.24, 2.45) is 0 Å². The molecule has 0 spiro atoms. The van der Waals surface area contributed by atoms with E-state index in [1.54, 1.807) is 12.1 Å². The molecule has 1 aromatic rings. The molecule has 1 aromatic carbocycles. The number of hydrogen-bond acceptors (Lipinski definition) is 2. The predicted octanol–water partition coefficient (Wildman–Crippen LogP) is 3.18. The first-order valence-corrected chi connectivity index (χ1v) is 7.07. The molecule has 0 unspecified atom stereocenters. The van der Waals surface area contributed by atoms with E-state index in [4.69, 9.17) is 0 Å². The Morgan fingerprint density at radius 2 is 2.28 bits per heavy atom. The lowest BCUT2D eigenvalue weighted by Gasteiger charge is -2.37. The summed E-state index contributed by atoms with van der Waals surface area (Å²) < 4.78 is 13.0. The maximum Gasteiger partial charge on any atom is 0.322 e. The summed E-state index contributed by atoms with van der Waals surface area (Å²) in [5.74, 6) is 0.602. The average Bonchev–Trinajstić information content (AvgIpc) is 2.32. The minimum absolute atomic E-state index is 0.153. The standard InChI is InChI=1S/C13H17FN2OS/c1-9-10(2)18-7-6-16(9)13(17)15-12-5-3-4-11(14)8-12/h3-5,8-10H,6-7H2,1-2H3,(H,15,17)/t9-,10+/m0/s1. The molecule has 2 atom stereocenters. The lowest BCUT2D eigenvalue weighted by molar-refractivity contribution is 0.194. The monoisotopic (exact) mass is 268 g/mol. The first-order chi connectivity index (χ1) is 8.58. The fraction of sp³-hybridized carbons (Fsp3) is 0.462. The Kier molecular flexibility index (Phi) is 4.11. The minimum atomic E-state index is -0.344. The van der Waals surface area contributed by atoms with Crippen LogP contribution in [0.15, 0.2) is 24.3 Å². The molecule has 0 aromatic heterocycles. The van der Waals surface area contributed by atoms with Crippen LogP contribution >= 0.6 is 11.8 Å². The van der Waals surface area contributed by atoms with Gasteiger partial charge >= 0.3 is 6.03 Å². The van der Waals surface area contributed by atoms with E-state index in [1.807, 2.05) is 23.6 Å². The molecule has 2 rings (SSSR count). The second kappa shape index (κ2) is 5.61. The number of halogens is 1. The van der Waals surface area contributed by atoms with Crippen molar-refractivity contribution in [2.75, 3.05) is 17.6 Å². The molecule has 98 valence electrons. The lowest BCUT2D eigenvalue weighted by Crippen LogP contribution is -2.49. The van der Waals surface area contributed by atoms with E-state index in [0.717, 1.165) is 12.3 Å². The van der Waals surface area contributed by atoms with Gasteiger partial charge in [0.2, 0.25) is 0 Å². The number of nitrogens with zero attached hydrogens (tertiary/aromatic N) is 1. The molecule has 3 nitrogen and oxygen atoms in total. The summed E-state index contributed by atoms with van der Waals surface area (Å²) in [7, 11) is 0. The van der Waals surface area contributed by atoms with Gasteiger partial charge in [-0.1, -0.05) is 13.0 Å². The molecule has 5 heteroatoms. The van der Waals surface area contributed by atoms with Gasteiger partial charge in [-0.3, -0.25) is 0 Å². The number of hydrogen-bond donors (Lipinski definition) is 1. The fourth-order valence-electron chi connectivity index (χ4n) is 1.98. The number of benzene rings is 1. The van der Waals surface area contributed by atoms with E-state index in [9.17, 15) is 9.18 Å². The van der Waals surface area contributed by atoms with E-state index in [0.29, 0.717) is 10.9 Å². The third kappa shape index (κ3) is 2.96. The summed E-state index contributed by atoms with van der Waals surface area (Å²) in [6.45, 7) is 4.90. The van der Waals surface area contributed by atoms with Crippen LogP contribution in [0.25, 0.3) is 0 Å². The molecule has 1 fully saturated rings. The maximum absolute atomic E-state index is 13.0. The number of thioether (sulfide) groups is 1. The van der Waals surface area contributed by atoms with Crippen LogP contribution in [0.4, 0.5) is 14.9 Å². The Morgan fingerprint density at radius 1 is 1.50 bits per heavy atom. The Morgan fingerprint density at radius 3 is 3.00 bits per heavy atom. The molecule has 1 aliphatic rings. The van der Waals surface area contributed by atoms with Crippen LogP contribution in [0, 0.1) is 5.82 Å². The lowest BCUT2D eigenvalue weighted by atomic mass is 10.2. The van der Waals surface area contributed by atoms with Crippen LogP contribution in [0.2, 0.25) is 0 Å². The molecule has 1 saturated heterocycles. The number of nitrogens with one attached hydrogen (secondary N) is 1. The van der Waals surface area contributed by atoms with Crippen molar-refractivity contribution in [3.63, 3.8) is 0 Å². The molecular formula is C13H17FN2OS. The summed E-state index contributed by atoms with van der Waals surface area (Å²) >= 11 is 1.87. The molecule has 0 aliphatic carbocycles. The second-order valence-electron chi connectivity index (χ2n) is 4.45. The highest BCUT2D eigenvalue weighted by Gasteiger charge is 2.28. The number of urea groups is 1. The van der Waals surface area contributed by atoms with Crippen molar-refractivity contribution in [3.05, 3.63) is 30.1 Å². The molecule has 18 heavy (non-hydrogen) atoms. The number of carbonyl (C=O) groups excluding carboxylic acids is 1. The van der Waals surface area contributed by atoms with Crippen LogP contribution in [0.3, 0.4) is 0 Å². The van der Waals surface area contributed by atoms with Crippen molar-refractivity contribution in [3.8, 4) is 0 Å². The zero-order valence-corrected chi connectivity index (χ0v) is 11.3. The van der Waals surface area contributed by atoms with Crippen molar-refractivity contribution in [2.45, 2.75) is 25.1 Å². The van der Waals surface area contributed by atoms with Crippen molar-refractivity contribution < 1.29 is 9.18 Å². The summed E-state index contributed by atoms with van der Waals surface area (Å²) in [6, 6.07) is 6.00. The van der Waals surface area contributed by atoms with Gasteiger partial charge in [-0.15, -0.1) is 0 Å². The fourth-order valence-corrected chi connectivity index (χ4v) is 3.08. The Labute approximate surface area is 111 Å². The Bertz CT molecular complexity index is 441. The summed E-state index contributed by atoms with van der Waals surface area (Å²) in [4.78, 5) is 13.9. The molecule has 1 N–H and O–H groups in total. The first kappa shape index (κ1) is 13.2. The van der Waals surface area contributed by atoms with Gasteiger partial charge in [0, 0.05) is 29.3 Å². The topological polar surface area (TPSA) is 32.3 Å². The van der Waals surface area contributed by atoms with Gasteiger partial charge in [0.1, 0.15) is 5.82 Å². The normalized spacial score (nSPS) is 23.8. The Hall–Kier alpha value is -1.23. The average molecular weight is 268 g/mol. The molecule has 2 amide bonds. The zero-order valence-electron chi connectivity index (χ0n) is 10.5. The molecule has 1 aliphatic heterocycles. The molecule has 0 radical (unpaired) electrons. The SMILES string of the molecule is C[C@H]1SCCN(C(=O)Nc2cccc(F)c2)[C@H]1C. The maximum atomic E-state index is 13.0. The van der Waals surface area contributed by atoms with E-state index in [-0.39, 0.29) is 17.9 Å². The van der Waals surface area contributed by atoms with Gasteiger partial charge in [-0.05, 0) is 25.1 Å². The van der Waals surface area contributed by atoms with Gasteiger partial charge in [0.15, 0.2) is 0 Å². The minimum Gasteiger partial charge on any atom is -0.320 e. The summed E-state index contributed by atoms with van der Waals surface area (Å²) in [5, 5.41) is 3.17. The van der Waals surface area contributed by atoms with Gasteiger partial charge in [-0.25, -0.2) is 9.18 Å². The van der Waals surface area contributed by atoms with Gasteiger partial charge in [0.05, 0.1) is 0 Å². The van der Waals surface area contributed by atoms with Gasteiger partial charge < -0.3 is 10.2 Å². The van der Waals surface area contributed by atoms with Crippen LogP contribution in [-0.4, -0.2) is 34.5 Å². The van der Waals surface area contributed by atoms with Crippen LogP contribution in [-0.2, 0) is 0 Å². The summed E-state index contributed by atoms with van der Waals surface area (Å²) in [5.41, 5.74) is 0.498. The van der Waals surface area contributed by atoms with Crippen molar-refractivity contribution in [1.29, 1.82) is 0 Å². The molecule has 0 saturated carbocycles. The number of rotatable bonds is 1. The van der Waals surface area contributed by atoms with Gasteiger partial charge in [-0.2, -0.15) is 11.8 Å². The number of anilines is 1. The largest absolute Gasteiger partial charge is 0.322 e. The van der Waals surface area contributed by atoms with Gasteiger partial charge in [0.25, 0.3) is 0 Å². The zero-order chi connectivity index (χ0) is 13.1. The quantitative estimate of drug-likeness (QED) is 0.848. The van der Waals surface area contributed by atoms with E-state index < -0.39 is 0 Å². The second-order valence-corrected chi connectivity index (χ2v) is 5.94. The highest BCUT2D eigenvalue weighted by molar-refractivity contribution is 8.00. The third-order valence-corrected chi connectivity index (χ3v) is 4.56. The van der Waals surface area contributed by atoms with Crippen LogP contribution in [0.1, 0.15) is 13.8 Å². The Balaban J connectivity index is 2.03. The van der Waals surface area contributed by atoms with Crippen molar-refractivity contribution in [1.82, 2.24) is 4.90 Å². The molecule has 1 heterocycles. The van der Waals surface area contributed by atoms with Crippen LogP contribution in [0.5, 0.6) is 0 Å². The highest BCUT2D eigenvalue weighted by Crippen LogP contribution is 2.24. The van der Waals surface area contributed by atoms with E-state index >= 15 is 0 Å². The molecule has 0 bridgehead atoms. The smallest absolute Gasteiger partial charge is 0.320 e. The van der Waals surface area contributed by atoms with E-state index in [2.05, 4.69) is 12.2 Å². The predicted molar refractivity (Wildman–Crippen MR) is 73.5 cm³/mol. The molecular weight excluding hydrogens is 251 g/mol. The van der Waals surface area contributed by atoms with Crippen molar-refractivity contribution >= 4 is 23.5 Å². The summed E-state index contributed by atoms with van der Waals surface area (Å²) in [6.07, 6.45) is 0. The number of carbonyl (C=O) groups is 1. The number of amides is 2. The van der Waals surface area contributed by atoms with Crippen LogP contribution < -0.4 is 5.32 Å². The van der Waals surface area contributed by atoms with E-state index in [1.165, 1.54) is 12.1 Å². The highest BCUT2D eigenvalue weighted by atomic mass is 32.2.